The Labute approximate surface area is 319 Å². The number of hydrogen-bond donors (Lipinski definition) is 5. The first-order valence-electron chi connectivity index (χ1n) is 19.2. The van der Waals surface area contributed by atoms with Gasteiger partial charge in [0.25, 0.3) is 0 Å². The summed E-state index contributed by atoms with van der Waals surface area (Å²) in [7, 11) is 5.84. The fraction of sp³-hybridized carbons (Fsp3) is 0.465. The maximum Gasteiger partial charge on any atom is 0.212 e. The van der Waals surface area contributed by atoms with E-state index in [0.29, 0.717) is 95.7 Å². The molecule has 7 rings (SSSR count). The molecule has 5 N–H and O–H groups in total. The number of nitrogens with zero attached hydrogens (tertiary/aromatic N) is 1. The van der Waals surface area contributed by atoms with Crippen molar-refractivity contribution in [3.63, 3.8) is 0 Å². The minimum atomic E-state index is -0.866. The van der Waals surface area contributed by atoms with Gasteiger partial charge in [-0.05, 0) is 54.5 Å². The number of phenolic OH excluding ortho intramolecular Hbond substituents is 1. The number of benzene rings is 5. The Morgan fingerprint density at radius 3 is 2.37 bits per heavy atom. The summed E-state index contributed by atoms with van der Waals surface area (Å²) in [5.41, 5.74) is 2.89. The van der Waals surface area contributed by atoms with E-state index in [2.05, 4.69) is 31.7 Å². The zero-order chi connectivity index (χ0) is 38.6. The molecule has 0 saturated carbocycles. The number of aliphatic hydroxyl groups is 2. The van der Waals surface area contributed by atoms with Crippen LogP contribution in [0.3, 0.4) is 0 Å². The van der Waals surface area contributed by atoms with Crippen LogP contribution in [0, 0.1) is 0 Å². The fourth-order valence-corrected chi connectivity index (χ4v) is 10.3. The number of rotatable bonds is 15. The van der Waals surface area contributed by atoms with Crippen LogP contribution in [0.25, 0.3) is 49.2 Å². The number of carbonyl (C=O) groups is 1. The number of ether oxygens (including phenoxy) is 1. The summed E-state index contributed by atoms with van der Waals surface area (Å²) >= 11 is 1.56. The van der Waals surface area contributed by atoms with E-state index < -0.39 is 18.0 Å². The third-order valence-corrected chi connectivity index (χ3v) is 12.9. The van der Waals surface area contributed by atoms with E-state index in [1.165, 1.54) is 52.2 Å². The summed E-state index contributed by atoms with van der Waals surface area (Å²) in [6, 6.07) is 1.31. The maximum absolute atomic E-state index is 15.2. The molecule has 0 amide bonds. The number of hydrogen-bond acceptors (Lipinski definition) is 10. The zero-order valence-electron chi connectivity index (χ0n) is 32.3. The lowest BCUT2D eigenvalue weighted by atomic mass is 9.79. The van der Waals surface area contributed by atoms with E-state index in [1.807, 2.05) is 13.0 Å². The third kappa shape index (κ3) is 5.95. The highest BCUT2D eigenvalue weighted by Gasteiger charge is 2.38. The highest BCUT2D eigenvalue weighted by molar-refractivity contribution is 7.99. The topological polar surface area (TPSA) is 145 Å². The van der Waals surface area contributed by atoms with Crippen LogP contribution in [0.5, 0.6) is 11.5 Å². The summed E-state index contributed by atoms with van der Waals surface area (Å²) in [5, 5.41) is 44.5. The molecule has 1 unspecified atom stereocenters. The molecule has 10 nitrogen and oxygen atoms in total. The Kier molecular flexibility index (Phi) is 10.5. The molecule has 0 radical (unpaired) electrons. The van der Waals surface area contributed by atoms with Crippen molar-refractivity contribution in [1.82, 2.24) is 0 Å². The molecule has 54 heavy (non-hydrogen) atoms. The van der Waals surface area contributed by atoms with Crippen molar-refractivity contribution in [3.05, 3.63) is 54.3 Å². The van der Waals surface area contributed by atoms with Crippen molar-refractivity contribution >= 4 is 78.1 Å². The van der Waals surface area contributed by atoms with E-state index >= 15 is 4.79 Å². The van der Waals surface area contributed by atoms with Crippen LogP contribution < -0.4 is 26.2 Å². The van der Waals surface area contributed by atoms with Gasteiger partial charge < -0.3 is 35.2 Å². The summed E-state index contributed by atoms with van der Waals surface area (Å²) in [6.07, 6.45) is 9.23. The number of aliphatic hydroxyl groups excluding tert-OH is 2. The van der Waals surface area contributed by atoms with Crippen LogP contribution in [0.4, 0.5) is 11.4 Å². The van der Waals surface area contributed by atoms with Gasteiger partial charge in [-0.3, -0.25) is 14.4 Å². The monoisotopic (exact) mass is 754 g/mol. The van der Waals surface area contributed by atoms with Crippen molar-refractivity contribution < 1.29 is 29.3 Å². The van der Waals surface area contributed by atoms with Gasteiger partial charge in [0, 0.05) is 50.0 Å². The molecule has 0 spiro atoms. The highest BCUT2D eigenvalue weighted by atomic mass is 32.2. The van der Waals surface area contributed by atoms with Crippen LogP contribution in [0.1, 0.15) is 87.5 Å². The predicted molar refractivity (Wildman–Crippen MR) is 221 cm³/mol. The first kappa shape index (κ1) is 38.1. The van der Waals surface area contributed by atoms with Crippen LogP contribution in [-0.4, -0.2) is 78.7 Å². The molecule has 1 atom stereocenters. The first-order chi connectivity index (χ1) is 25.9. The number of phenols is 1. The number of quaternary nitrogens is 1. The van der Waals surface area contributed by atoms with Gasteiger partial charge in [0.2, 0.25) is 5.43 Å². The van der Waals surface area contributed by atoms with E-state index in [1.54, 1.807) is 11.8 Å². The second-order valence-electron chi connectivity index (χ2n) is 15.7. The largest absolute Gasteiger partial charge is 0.504 e. The van der Waals surface area contributed by atoms with Crippen molar-refractivity contribution in [2.45, 2.75) is 83.3 Å². The second-order valence-corrected chi connectivity index (χ2v) is 16.8. The van der Waals surface area contributed by atoms with Gasteiger partial charge in [0.15, 0.2) is 16.9 Å². The van der Waals surface area contributed by atoms with Crippen molar-refractivity contribution in [1.29, 1.82) is 0 Å². The van der Waals surface area contributed by atoms with Gasteiger partial charge in [0.1, 0.15) is 5.78 Å². The molecule has 1 aliphatic carbocycles. The second kappa shape index (κ2) is 14.8. The van der Waals surface area contributed by atoms with E-state index in [0.717, 1.165) is 28.9 Å². The Morgan fingerprint density at radius 1 is 0.963 bits per heavy atom. The molecular weight excluding hydrogens is 703 g/mol. The van der Waals surface area contributed by atoms with Crippen LogP contribution in [-0.2, 0) is 18.0 Å². The molecule has 2 aliphatic rings. The van der Waals surface area contributed by atoms with Gasteiger partial charge >= 0.3 is 0 Å². The first-order valence-corrected chi connectivity index (χ1v) is 20.2. The number of ketones is 1. The third-order valence-electron chi connectivity index (χ3n) is 11.7. The number of fused-ring (bicyclic) bond motifs is 3. The molecule has 11 heteroatoms. The number of anilines is 2. The molecule has 5 aromatic carbocycles. The van der Waals surface area contributed by atoms with E-state index in [9.17, 15) is 24.9 Å². The molecule has 5 aromatic rings. The van der Waals surface area contributed by atoms with E-state index in [4.69, 9.17) is 4.74 Å². The lowest BCUT2D eigenvalue weighted by Gasteiger charge is -2.31. The molecule has 0 saturated heterocycles. The van der Waals surface area contributed by atoms with Crippen LogP contribution >= 0.6 is 11.8 Å². The quantitative estimate of drug-likeness (QED) is 0.0326. The number of nitrogens with one attached hydrogen (secondary N) is 2. The summed E-state index contributed by atoms with van der Waals surface area (Å²) < 4.78 is 6.67. The fourth-order valence-electron chi connectivity index (χ4n) is 9.24. The Balaban J connectivity index is 1.59. The normalized spacial score (nSPS) is 15.6. The maximum atomic E-state index is 15.2. The Bertz CT molecular complexity index is 2460. The van der Waals surface area contributed by atoms with Crippen molar-refractivity contribution in [2.24, 2.45) is 0 Å². The molecule has 0 fully saturated rings. The zero-order valence-corrected chi connectivity index (χ0v) is 33.1. The standard InChI is InChI=1S/C43H51N3O7S/c1-7-8-9-10-11-12-15-46(4,5)16-13-44-38-25-18-22(2)28(23(3)49)36-35-30(25)34-31(26(21-48)43-39(37(34)40(38)51)45-14-17-54-43)29-24(20-47)19-27(50)32(33(29)35)41(52)42(36)53-6/h18-19,28,47-48H,7-17,20-21H2,1-6H3,(H2-,44,45,50,51,52)/p+1. The molecule has 1 heterocycles. The highest BCUT2D eigenvalue weighted by Crippen LogP contribution is 2.57. The van der Waals surface area contributed by atoms with Gasteiger partial charge in [-0.15, -0.1) is 11.8 Å². The van der Waals surface area contributed by atoms with Gasteiger partial charge in [-0.2, -0.15) is 0 Å². The lowest BCUT2D eigenvalue weighted by molar-refractivity contribution is -0.888. The number of thioether (sulfide) groups is 1. The minimum absolute atomic E-state index is 0.00578. The van der Waals surface area contributed by atoms with Gasteiger partial charge in [0.05, 0.1) is 82.1 Å². The van der Waals surface area contributed by atoms with Gasteiger partial charge in [-0.1, -0.05) is 44.3 Å². The number of carbonyl (C=O) groups excluding carboxylic acids is 1. The molecule has 286 valence electrons. The number of aromatic hydroxyl groups is 1. The summed E-state index contributed by atoms with van der Waals surface area (Å²) in [5.74, 6) is -0.705. The molecule has 0 aromatic heterocycles. The summed E-state index contributed by atoms with van der Waals surface area (Å²) in [6.45, 7) is 7.62. The number of allylic oxidation sites excluding steroid dienone is 1. The van der Waals surface area contributed by atoms with Crippen LogP contribution in [0.15, 0.2) is 26.1 Å². The number of likely N-dealkylation sites (N-methyl/N-ethyl adjacent to an activating group) is 1. The minimum Gasteiger partial charge on any atom is -0.504 e. The van der Waals surface area contributed by atoms with E-state index in [-0.39, 0.29) is 34.7 Å². The van der Waals surface area contributed by atoms with Crippen molar-refractivity contribution in [3.8, 4) is 11.5 Å². The van der Waals surface area contributed by atoms with Crippen LogP contribution in [0.2, 0.25) is 0 Å². The average molecular weight is 755 g/mol. The molecule has 0 bridgehead atoms. The number of unbranched alkanes of at least 4 members (excludes halogenated alkanes) is 5. The van der Waals surface area contributed by atoms with Crippen molar-refractivity contribution in [2.75, 3.05) is 63.8 Å². The average Bonchev–Trinajstić information content (AvgIpc) is 3.27. The molecular formula is C43H52N3O7S+. The Hall–Kier alpha value is -4.16. The number of methoxy groups -OCH3 is 1. The smallest absolute Gasteiger partial charge is 0.212 e. The van der Waals surface area contributed by atoms with Gasteiger partial charge in [-0.25, -0.2) is 0 Å². The number of Topliss-reactive ketones (excluding diaryl/α,β-unsaturated/α-hetero) is 1. The lowest BCUT2D eigenvalue weighted by Crippen LogP contribution is -2.44. The molecule has 1 aliphatic heterocycles. The summed E-state index contributed by atoms with van der Waals surface area (Å²) in [4.78, 5) is 43.7. The SMILES string of the molecule is CCCCCCCC[N+](C)(C)CCNc1c2c3c4c(c(OC)c(O)c5c(=O)cc(CO)c(c6c(CO)c7c(c(c1=O)c36)NCCS7)c54)C(C(C)=O)C(C)=C2. The predicted octanol–water partition coefficient (Wildman–Crippen LogP) is 7.05. The Morgan fingerprint density at radius 2 is 1.69 bits per heavy atom.